The molecular weight excluding hydrogens is 352 g/mol. The van der Waals surface area contributed by atoms with Crippen molar-refractivity contribution >= 4 is 16.9 Å². The highest BCUT2D eigenvalue weighted by Crippen LogP contribution is 2.36. The number of rotatable bonds is 8. The topological polar surface area (TPSA) is 6.48 Å². The third kappa shape index (κ3) is 5.04. The van der Waals surface area contributed by atoms with Gasteiger partial charge in [0.2, 0.25) is 0 Å². The maximum Gasteiger partial charge on any atom is 0.0366 e. The molecule has 1 aliphatic carbocycles. The molecule has 1 aliphatic rings. The van der Waals surface area contributed by atoms with Gasteiger partial charge in [0.25, 0.3) is 0 Å². The third-order valence-electron chi connectivity index (χ3n) is 6.38. The Labute approximate surface area is 178 Å². The predicted molar refractivity (Wildman–Crippen MR) is 129 cm³/mol. The maximum absolute atomic E-state index is 2.41. The lowest BCUT2D eigenvalue weighted by Crippen LogP contribution is -2.21. The SMILES string of the molecule is CCN(CC)c1ccc(C(=C2CCCCC2)c2ccc(N(CC)CC)cc2)cc1. The molecule has 0 N–H and O–H groups in total. The normalized spacial score (nSPS) is 14.0. The van der Waals surface area contributed by atoms with Crippen LogP contribution in [0.15, 0.2) is 54.1 Å². The lowest BCUT2D eigenvalue weighted by atomic mass is 9.85. The summed E-state index contributed by atoms with van der Waals surface area (Å²) >= 11 is 0. The van der Waals surface area contributed by atoms with Crippen molar-refractivity contribution in [2.45, 2.75) is 59.8 Å². The Morgan fingerprint density at radius 2 is 0.966 bits per heavy atom. The first-order valence-corrected chi connectivity index (χ1v) is 11.6. The summed E-state index contributed by atoms with van der Waals surface area (Å²) in [7, 11) is 0. The van der Waals surface area contributed by atoms with Crippen molar-refractivity contribution in [2.75, 3.05) is 36.0 Å². The van der Waals surface area contributed by atoms with Crippen molar-refractivity contribution in [3.8, 4) is 0 Å². The van der Waals surface area contributed by atoms with Gasteiger partial charge in [-0.15, -0.1) is 0 Å². The van der Waals surface area contributed by atoms with Gasteiger partial charge in [-0.2, -0.15) is 0 Å². The summed E-state index contributed by atoms with van der Waals surface area (Å²) in [5.41, 5.74) is 8.50. The summed E-state index contributed by atoms with van der Waals surface area (Å²) in [4.78, 5) is 4.83. The van der Waals surface area contributed by atoms with Crippen molar-refractivity contribution in [1.29, 1.82) is 0 Å². The quantitative estimate of drug-likeness (QED) is 0.472. The lowest BCUT2D eigenvalue weighted by molar-refractivity contribution is 0.601. The second kappa shape index (κ2) is 10.5. The van der Waals surface area contributed by atoms with Gasteiger partial charge in [-0.3, -0.25) is 0 Å². The molecule has 0 saturated heterocycles. The van der Waals surface area contributed by atoms with Crippen LogP contribution < -0.4 is 9.80 Å². The first-order chi connectivity index (χ1) is 14.2. The zero-order chi connectivity index (χ0) is 20.6. The number of hydrogen-bond donors (Lipinski definition) is 0. The van der Waals surface area contributed by atoms with E-state index in [1.54, 1.807) is 5.57 Å². The van der Waals surface area contributed by atoms with Crippen LogP contribution in [0.5, 0.6) is 0 Å². The number of allylic oxidation sites excluding steroid dienone is 1. The smallest absolute Gasteiger partial charge is 0.0366 e. The highest BCUT2D eigenvalue weighted by Gasteiger charge is 2.16. The summed E-state index contributed by atoms with van der Waals surface area (Å²) in [5, 5.41) is 0. The van der Waals surface area contributed by atoms with Crippen LogP contribution in [0.1, 0.15) is 70.9 Å². The summed E-state index contributed by atoms with van der Waals surface area (Å²) in [6.07, 6.45) is 6.51. The van der Waals surface area contributed by atoms with E-state index in [-0.39, 0.29) is 0 Å². The van der Waals surface area contributed by atoms with Crippen LogP contribution in [0.2, 0.25) is 0 Å². The molecule has 0 radical (unpaired) electrons. The van der Waals surface area contributed by atoms with Crippen LogP contribution in [0.25, 0.3) is 5.57 Å². The van der Waals surface area contributed by atoms with Crippen LogP contribution in [0.3, 0.4) is 0 Å². The molecular formula is C27H38N2. The number of anilines is 2. The van der Waals surface area contributed by atoms with Crippen LogP contribution in [0.4, 0.5) is 11.4 Å². The molecule has 1 fully saturated rings. The van der Waals surface area contributed by atoms with Crippen molar-refractivity contribution < 1.29 is 0 Å². The first kappa shape index (κ1) is 21.5. The fourth-order valence-corrected chi connectivity index (χ4v) is 4.66. The van der Waals surface area contributed by atoms with Gasteiger partial charge in [0.1, 0.15) is 0 Å². The van der Waals surface area contributed by atoms with Crippen molar-refractivity contribution in [1.82, 2.24) is 0 Å². The summed E-state index contributed by atoms with van der Waals surface area (Å²) in [6, 6.07) is 18.6. The first-order valence-electron chi connectivity index (χ1n) is 11.6. The van der Waals surface area contributed by atoms with Gasteiger partial charge >= 0.3 is 0 Å². The van der Waals surface area contributed by atoms with Crippen LogP contribution >= 0.6 is 0 Å². The molecule has 0 aliphatic heterocycles. The van der Waals surface area contributed by atoms with E-state index in [1.807, 2.05) is 0 Å². The molecule has 0 spiro atoms. The molecule has 156 valence electrons. The summed E-state index contributed by atoms with van der Waals surface area (Å²) < 4.78 is 0. The fourth-order valence-electron chi connectivity index (χ4n) is 4.66. The fraction of sp³-hybridized carbons (Fsp3) is 0.481. The van der Waals surface area contributed by atoms with Gasteiger partial charge in [0, 0.05) is 37.6 Å². The minimum absolute atomic E-state index is 1.05. The Morgan fingerprint density at radius 1 is 0.586 bits per heavy atom. The van der Waals surface area contributed by atoms with E-state index in [0.29, 0.717) is 0 Å². The van der Waals surface area contributed by atoms with Crippen molar-refractivity contribution in [3.05, 3.63) is 65.2 Å². The van der Waals surface area contributed by atoms with Crippen molar-refractivity contribution in [2.24, 2.45) is 0 Å². The highest BCUT2D eigenvalue weighted by molar-refractivity contribution is 5.83. The van der Waals surface area contributed by atoms with E-state index in [2.05, 4.69) is 86.0 Å². The van der Waals surface area contributed by atoms with Gasteiger partial charge in [0.05, 0.1) is 0 Å². The third-order valence-corrected chi connectivity index (χ3v) is 6.38. The average Bonchev–Trinajstić information content (AvgIpc) is 2.78. The molecule has 2 nitrogen and oxygen atoms in total. The van der Waals surface area contributed by atoms with Crippen LogP contribution in [-0.2, 0) is 0 Å². The maximum atomic E-state index is 2.41. The van der Waals surface area contributed by atoms with E-state index >= 15 is 0 Å². The zero-order valence-corrected chi connectivity index (χ0v) is 18.9. The molecule has 2 heteroatoms. The van der Waals surface area contributed by atoms with Gasteiger partial charge in [-0.25, -0.2) is 0 Å². The Kier molecular flexibility index (Phi) is 7.80. The molecule has 0 atom stereocenters. The minimum Gasteiger partial charge on any atom is -0.372 e. The molecule has 0 heterocycles. The summed E-state index contributed by atoms with van der Waals surface area (Å²) in [6.45, 7) is 13.1. The van der Waals surface area contributed by atoms with Crippen LogP contribution in [0, 0.1) is 0 Å². The van der Waals surface area contributed by atoms with E-state index < -0.39 is 0 Å². The van der Waals surface area contributed by atoms with Gasteiger partial charge in [0.15, 0.2) is 0 Å². The molecule has 0 amide bonds. The molecule has 29 heavy (non-hydrogen) atoms. The molecule has 2 aromatic carbocycles. The monoisotopic (exact) mass is 390 g/mol. The van der Waals surface area contributed by atoms with Crippen molar-refractivity contribution in [3.63, 3.8) is 0 Å². The van der Waals surface area contributed by atoms with Gasteiger partial charge in [-0.1, -0.05) is 36.3 Å². The summed E-state index contributed by atoms with van der Waals surface area (Å²) in [5.74, 6) is 0. The Balaban J connectivity index is 1.98. The standard InChI is InChI=1S/C27H38N2/c1-5-28(6-2)25-18-14-23(15-19-25)27(22-12-10-9-11-13-22)24-16-20-26(21-17-24)29(7-3)8-4/h14-21H,5-13H2,1-4H3. The minimum atomic E-state index is 1.05. The average molecular weight is 391 g/mol. The number of benzene rings is 2. The highest BCUT2D eigenvalue weighted by atomic mass is 15.1. The molecule has 3 rings (SSSR count). The van der Waals surface area contributed by atoms with E-state index in [1.165, 1.54) is 60.2 Å². The van der Waals surface area contributed by atoms with Crippen LogP contribution in [-0.4, -0.2) is 26.2 Å². The largest absolute Gasteiger partial charge is 0.372 e. The van der Waals surface area contributed by atoms with Gasteiger partial charge < -0.3 is 9.80 Å². The second-order valence-electron chi connectivity index (χ2n) is 7.98. The molecule has 0 unspecified atom stereocenters. The number of hydrogen-bond acceptors (Lipinski definition) is 2. The molecule has 1 saturated carbocycles. The molecule has 2 aromatic rings. The van der Waals surface area contributed by atoms with E-state index in [0.717, 1.165) is 26.2 Å². The van der Waals surface area contributed by atoms with Gasteiger partial charge in [-0.05, 0) is 94.3 Å². The Bertz CT molecular complexity index is 713. The second-order valence-corrected chi connectivity index (χ2v) is 7.98. The zero-order valence-electron chi connectivity index (χ0n) is 18.9. The number of nitrogens with zero attached hydrogens (tertiary/aromatic N) is 2. The predicted octanol–water partition coefficient (Wildman–Crippen LogP) is 7.15. The van der Waals surface area contributed by atoms with E-state index in [4.69, 9.17) is 0 Å². The Hall–Kier alpha value is -2.22. The molecule has 0 bridgehead atoms. The van der Waals surface area contributed by atoms with E-state index in [9.17, 15) is 0 Å². The molecule has 0 aromatic heterocycles. The lowest BCUT2D eigenvalue weighted by Gasteiger charge is -2.24. The Morgan fingerprint density at radius 3 is 1.31 bits per heavy atom.